The maximum Gasteiger partial charge on any atom is 0.228 e. The first-order chi connectivity index (χ1) is 10.2. The second-order valence-corrected chi connectivity index (χ2v) is 5.59. The van der Waals surface area contributed by atoms with E-state index in [9.17, 15) is 4.79 Å². The molecule has 0 saturated carbocycles. The molecule has 110 valence electrons. The van der Waals surface area contributed by atoms with Gasteiger partial charge in [0.1, 0.15) is 11.9 Å². The minimum absolute atomic E-state index is 0.000798. The van der Waals surface area contributed by atoms with Crippen LogP contribution in [0.4, 0.5) is 0 Å². The number of rotatable bonds is 3. The Balaban J connectivity index is 1.49. The van der Waals surface area contributed by atoms with Crippen LogP contribution in [0.1, 0.15) is 18.9 Å². The summed E-state index contributed by atoms with van der Waals surface area (Å²) in [6.07, 6.45) is 0.882. The van der Waals surface area contributed by atoms with Crippen LogP contribution < -0.4 is 4.74 Å². The highest BCUT2D eigenvalue weighted by atomic mass is 16.5. The fourth-order valence-electron chi connectivity index (χ4n) is 2.78. The fourth-order valence-corrected chi connectivity index (χ4v) is 2.78. The Morgan fingerprint density at radius 2 is 2.10 bits per heavy atom. The molecule has 0 bridgehead atoms. The lowest BCUT2D eigenvalue weighted by Gasteiger charge is -2.40. The monoisotopic (exact) mass is 286 g/mol. The Kier molecular flexibility index (Phi) is 3.80. The predicted octanol–water partition coefficient (Wildman–Crippen LogP) is 1.57. The number of ether oxygens (including phenoxy) is 2. The lowest BCUT2D eigenvalue weighted by molar-refractivity contribution is -0.145. The molecule has 3 rings (SSSR count). The molecule has 2 aliphatic heterocycles. The maximum atomic E-state index is 12.3. The maximum absolute atomic E-state index is 12.3. The van der Waals surface area contributed by atoms with E-state index in [2.05, 4.69) is 6.07 Å². The van der Waals surface area contributed by atoms with Gasteiger partial charge in [-0.25, -0.2) is 0 Å². The third-order valence-corrected chi connectivity index (χ3v) is 4.14. The lowest BCUT2D eigenvalue weighted by Crippen LogP contribution is -2.58. The van der Waals surface area contributed by atoms with Crippen molar-refractivity contribution in [2.45, 2.75) is 25.6 Å². The van der Waals surface area contributed by atoms with E-state index in [4.69, 9.17) is 14.7 Å². The van der Waals surface area contributed by atoms with Gasteiger partial charge in [0.25, 0.3) is 0 Å². The summed E-state index contributed by atoms with van der Waals surface area (Å²) in [5.41, 5.74) is 0.614. The van der Waals surface area contributed by atoms with E-state index >= 15 is 0 Å². The van der Waals surface area contributed by atoms with Crippen LogP contribution in [-0.4, -0.2) is 42.7 Å². The SMILES string of the molecule is C[C@@H]1OCC[C@H]1C(=O)N1CC(Oc2ccc(C#N)cc2)C1. The van der Waals surface area contributed by atoms with Crippen LogP contribution in [0.3, 0.4) is 0 Å². The topological polar surface area (TPSA) is 62.6 Å². The second-order valence-electron chi connectivity index (χ2n) is 5.59. The first kappa shape index (κ1) is 13.9. The van der Waals surface area contributed by atoms with Gasteiger partial charge in [-0.05, 0) is 37.6 Å². The zero-order valence-corrected chi connectivity index (χ0v) is 12.0. The van der Waals surface area contributed by atoms with Crippen molar-refractivity contribution in [3.8, 4) is 11.8 Å². The molecule has 0 aliphatic carbocycles. The number of carbonyl (C=O) groups is 1. The van der Waals surface area contributed by atoms with Gasteiger partial charge in [0, 0.05) is 6.61 Å². The van der Waals surface area contributed by atoms with Crippen LogP contribution in [0, 0.1) is 17.2 Å². The number of hydrogen-bond acceptors (Lipinski definition) is 4. The molecule has 1 aromatic carbocycles. The number of amides is 1. The highest BCUT2D eigenvalue weighted by Gasteiger charge is 2.39. The molecule has 1 amide bonds. The van der Waals surface area contributed by atoms with Crippen LogP contribution in [0.25, 0.3) is 0 Å². The number of hydrogen-bond donors (Lipinski definition) is 0. The van der Waals surface area contributed by atoms with Crippen molar-refractivity contribution in [2.24, 2.45) is 5.92 Å². The molecule has 0 radical (unpaired) electrons. The van der Waals surface area contributed by atoms with Gasteiger partial charge in [-0.3, -0.25) is 4.79 Å². The molecule has 0 unspecified atom stereocenters. The van der Waals surface area contributed by atoms with E-state index in [-0.39, 0.29) is 24.0 Å². The zero-order chi connectivity index (χ0) is 14.8. The standard InChI is InChI=1S/C16H18N2O3/c1-11-15(6-7-20-11)16(19)18-9-14(10-18)21-13-4-2-12(8-17)3-5-13/h2-5,11,14-15H,6-7,9-10H2,1H3/t11-,15+/m0/s1. The van der Waals surface area contributed by atoms with Crippen LogP contribution in [0.2, 0.25) is 0 Å². The summed E-state index contributed by atoms with van der Waals surface area (Å²) in [5.74, 6) is 0.921. The van der Waals surface area contributed by atoms with Gasteiger partial charge in [0.15, 0.2) is 0 Å². The normalized spacial score (nSPS) is 25.2. The molecular weight excluding hydrogens is 268 g/mol. The molecule has 0 aromatic heterocycles. The largest absolute Gasteiger partial charge is 0.487 e. The molecule has 5 nitrogen and oxygen atoms in total. The molecule has 2 saturated heterocycles. The van der Waals surface area contributed by atoms with Gasteiger partial charge in [0.05, 0.1) is 36.7 Å². The van der Waals surface area contributed by atoms with Crippen molar-refractivity contribution in [1.29, 1.82) is 5.26 Å². The van der Waals surface area contributed by atoms with Gasteiger partial charge in [-0.15, -0.1) is 0 Å². The average molecular weight is 286 g/mol. The van der Waals surface area contributed by atoms with Crippen LogP contribution in [-0.2, 0) is 9.53 Å². The summed E-state index contributed by atoms with van der Waals surface area (Å²) in [7, 11) is 0. The third kappa shape index (κ3) is 2.86. The third-order valence-electron chi connectivity index (χ3n) is 4.14. The van der Waals surface area contributed by atoms with E-state index in [1.54, 1.807) is 24.3 Å². The highest BCUT2D eigenvalue weighted by molar-refractivity contribution is 5.80. The molecular formula is C16H18N2O3. The summed E-state index contributed by atoms with van der Waals surface area (Å²) in [5, 5.41) is 8.74. The summed E-state index contributed by atoms with van der Waals surface area (Å²) >= 11 is 0. The Labute approximate surface area is 124 Å². The number of likely N-dealkylation sites (tertiary alicyclic amines) is 1. The van der Waals surface area contributed by atoms with E-state index in [0.717, 1.165) is 12.2 Å². The molecule has 2 aliphatic rings. The molecule has 0 N–H and O–H groups in total. The predicted molar refractivity (Wildman–Crippen MR) is 75.7 cm³/mol. The molecule has 0 spiro atoms. The molecule has 2 atom stereocenters. The number of carbonyl (C=O) groups excluding carboxylic acids is 1. The van der Waals surface area contributed by atoms with Gasteiger partial charge >= 0.3 is 0 Å². The van der Waals surface area contributed by atoms with Gasteiger partial charge in [-0.1, -0.05) is 0 Å². The molecule has 2 heterocycles. The molecule has 2 fully saturated rings. The highest BCUT2D eigenvalue weighted by Crippen LogP contribution is 2.26. The Morgan fingerprint density at radius 1 is 1.38 bits per heavy atom. The van der Waals surface area contributed by atoms with Crippen molar-refractivity contribution in [1.82, 2.24) is 4.90 Å². The summed E-state index contributed by atoms with van der Waals surface area (Å²) in [6.45, 7) is 3.89. The van der Waals surface area contributed by atoms with E-state index in [1.165, 1.54) is 0 Å². The first-order valence-corrected chi connectivity index (χ1v) is 7.24. The molecule has 5 heteroatoms. The zero-order valence-electron chi connectivity index (χ0n) is 12.0. The van der Waals surface area contributed by atoms with E-state index in [0.29, 0.717) is 25.3 Å². The smallest absolute Gasteiger partial charge is 0.228 e. The van der Waals surface area contributed by atoms with Gasteiger partial charge in [0.2, 0.25) is 5.91 Å². The quantitative estimate of drug-likeness (QED) is 0.846. The summed E-state index contributed by atoms with van der Waals surface area (Å²) < 4.78 is 11.2. The number of benzene rings is 1. The van der Waals surface area contributed by atoms with Crippen LogP contribution in [0.15, 0.2) is 24.3 Å². The summed E-state index contributed by atoms with van der Waals surface area (Å²) in [4.78, 5) is 14.1. The van der Waals surface area contributed by atoms with Crippen LogP contribution in [0.5, 0.6) is 5.75 Å². The average Bonchev–Trinajstić information content (AvgIpc) is 2.88. The van der Waals surface area contributed by atoms with Crippen LogP contribution >= 0.6 is 0 Å². The Morgan fingerprint density at radius 3 is 2.67 bits per heavy atom. The minimum Gasteiger partial charge on any atom is -0.487 e. The van der Waals surface area contributed by atoms with Crippen molar-refractivity contribution in [3.05, 3.63) is 29.8 Å². The summed E-state index contributed by atoms with van der Waals surface area (Å²) in [6, 6.07) is 9.11. The number of nitriles is 1. The van der Waals surface area contributed by atoms with E-state index in [1.807, 2.05) is 11.8 Å². The first-order valence-electron chi connectivity index (χ1n) is 7.24. The van der Waals surface area contributed by atoms with Crippen molar-refractivity contribution in [3.63, 3.8) is 0 Å². The van der Waals surface area contributed by atoms with E-state index < -0.39 is 0 Å². The Bertz CT molecular complexity index is 558. The van der Waals surface area contributed by atoms with Gasteiger partial charge < -0.3 is 14.4 Å². The van der Waals surface area contributed by atoms with Crippen molar-refractivity contribution < 1.29 is 14.3 Å². The number of nitrogens with zero attached hydrogens (tertiary/aromatic N) is 2. The Hall–Kier alpha value is -2.06. The molecule has 1 aromatic rings. The minimum atomic E-state index is 0.000798. The molecule has 21 heavy (non-hydrogen) atoms. The van der Waals surface area contributed by atoms with Crippen molar-refractivity contribution >= 4 is 5.91 Å². The lowest BCUT2D eigenvalue weighted by atomic mass is 9.98. The second kappa shape index (κ2) is 5.74. The van der Waals surface area contributed by atoms with Gasteiger partial charge in [-0.2, -0.15) is 5.26 Å². The van der Waals surface area contributed by atoms with Crippen molar-refractivity contribution in [2.75, 3.05) is 19.7 Å². The fraction of sp³-hybridized carbons (Fsp3) is 0.500.